The van der Waals surface area contributed by atoms with E-state index in [0.717, 1.165) is 0 Å². The van der Waals surface area contributed by atoms with Crippen LogP contribution in [0.25, 0.3) is 0 Å². The number of Topliss-reactive ketones (excluding diaryl/α,β-unsaturated/α-hetero) is 1. The molecule has 86 valence electrons. The molecule has 0 bridgehead atoms. The van der Waals surface area contributed by atoms with E-state index >= 15 is 0 Å². The number of hydrogen-bond donors (Lipinski definition) is 1. The van der Waals surface area contributed by atoms with Gasteiger partial charge in [-0.25, -0.2) is 0 Å². The molecule has 0 aromatic heterocycles. The first-order chi connectivity index (χ1) is 7.41. The van der Waals surface area contributed by atoms with Crippen molar-refractivity contribution in [3.8, 4) is 5.75 Å². The lowest BCUT2D eigenvalue weighted by atomic mass is 10.1. The van der Waals surface area contributed by atoms with Crippen molar-refractivity contribution in [1.29, 1.82) is 0 Å². The van der Waals surface area contributed by atoms with Gasteiger partial charge in [0, 0.05) is 5.56 Å². The van der Waals surface area contributed by atoms with E-state index < -0.39 is 5.91 Å². The number of rotatable bonds is 4. The van der Waals surface area contributed by atoms with Crippen LogP contribution >= 0.6 is 0 Å². The summed E-state index contributed by atoms with van der Waals surface area (Å²) in [5.41, 5.74) is 5.83. The molecular weight excluding hydrogens is 206 g/mol. The average molecular weight is 221 g/mol. The van der Waals surface area contributed by atoms with Crippen LogP contribution < -0.4 is 10.5 Å². The largest absolute Gasteiger partial charge is 0.490 e. The Bertz CT molecular complexity index is 424. The molecular formula is C12H15NO3. The van der Waals surface area contributed by atoms with Gasteiger partial charge < -0.3 is 10.5 Å². The molecule has 0 saturated carbocycles. The molecule has 2 N–H and O–H groups in total. The lowest BCUT2D eigenvalue weighted by Gasteiger charge is -2.13. The minimum absolute atomic E-state index is 0.0301. The molecule has 0 spiro atoms. The molecule has 0 radical (unpaired) electrons. The van der Waals surface area contributed by atoms with Crippen molar-refractivity contribution in [3.05, 3.63) is 29.3 Å². The van der Waals surface area contributed by atoms with Crippen molar-refractivity contribution in [3.63, 3.8) is 0 Å². The number of carbonyl (C=O) groups excluding carboxylic acids is 2. The van der Waals surface area contributed by atoms with Crippen LogP contribution in [0.15, 0.2) is 18.2 Å². The number of ether oxygens (including phenoxy) is 1. The molecule has 1 aromatic carbocycles. The molecule has 0 atom stereocenters. The van der Waals surface area contributed by atoms with Crippen LogP contribution in [0, 0.1) is 0 Å². The Morgan fingerprint density at radius 3 is 2.38 bits per heavy atom. The molecule has 0 unspecified atom stereocenters. The minimum atomic E-state index is -0.557. The average Bonchev–Trinajstić information content (AvgIpc) is 2.16. The fraction of sp³-hybridized carbons (Fsp3) is 0.333. The Labute approximate surface area is 94.4 Å². The molecule has 1 amide bonds. The highest BCUT2D eigenvalue weighted by atomic mass is 16.5. The smallest absolute Gasteiger partial charge is 0.248 e. The van der Waals surface area contributed by atoms with Crippen molar-refractivity contribution in [2.24, 2.45) is 5.73 Å². The zero-order valence-electron chi connectivity index (χ0n) is 9.61. The van der Waals surface area contributed by atoms with Crippen LogP contribution in [0.1, 0.15) is 41.5 Å². The Hall–Kier alpha value is -1.84. The van der Waals surface area contributed by atoms with Crippen LogP contribution in [-0.4, -0.2) is 17.8 Å². The summed E-state index contributed by atoms with van der Waals surface area (Å²) in [6, 6.07) is 4.60. The summed E-state index contributed by atoms with van der Waals surface area (Å²) in [6.07, 6.45) is -0.0301. The molecule has 16 heavy (non-hydrogen) atoms. The summed E-state index contributed by atoms with van der Waals surface area (Å²) in [5, 5.41) is 0. The maximum Gasteiger partial charge on any atom is 0.248 e. The highest BCUT2D eigenvalue weighted by molar-refractivity contribution is 6.01. The zero-order valence-corrected chi connectivity index (χ0v) is 9.61. The first kappa shape index (κ1) is 12.2. The third-order valence-corrected chi connectivity index (χ3v) is 2.01. The SMILES string of the molecule is CC(=O)c1cc(C(N)=O)ccc1OC(C)C. The van der Waals surface area contributed by atoms with Crippen LogP contribution in [0.2, 0.25) is 0 Å². The van der Waals surface area contributed by atoms with Gasteiger partial charge >= 0.3 is 0 Å². The molecule has 0 fully saturated rings. The van der Waals surface area contributed by atoms with E-state index in [4.69, 9.17) is 10.5 Å². The van der Waals surface area contributed by atoms with Crippen LogP contribution in [0.4, 0.5) is 0 Å². The number of ketones is 1. The second-order valence-electron chi connectivity index (χ2n) is 3.80. The second kappa shape index (κ2) is 4.79. The van der Waals surface area contributed by atoms with Gasteiger partial charge in [0.25, 0.3) is 0 Å². The first-order valence-corrected chi connectivity index (χ1v) is 5.03. The molecule has 0 aliphatic carbocycles. The molecule has 0 aliphatic rings. The molecule has 1 aromatic rings. The highest BCUT2D eigenvalue weighted by Gasteiger charge is 2.12. The summed E-state index contributed by atoms with van der Waals surface area (Å²) in [7, 11) is 0. The van der Waals surface area contributed by atoms with Gasteiger partial charge in [0.05, 0.1) is 11.7 Å². The van der Waals surface area contributed by atoms with Crippen LogP contribution in [0.5, 0.6) is 5.75 Å². The monoisotopic (exact) mass is 221 g/mol. The van der Waals surface area contributed by atoms with Crippen LogP contribution in [0.3, 0.4) is 0 Å². The van der Waals surface area contributed by atoms with Crippen molar-refractivity contribution >= 4 is 11.7 Å². The predicted molar refractivity (Wildman–Crippen MR) is 60.7 cm³/mol. The van der Waals surface area contributed by atoms with Gasteiger partial charge in [-0.2, -0.15) is 0 Å². The summed E-state index contributed by atoms with van der Waals surface area (Å²) in [4.78, 5) is 22.4. The normalized spacial score (nSPS) is 10.2. The number of carbonyl (C=O) groups is 2. The summed E-state index contributed by atoms with van der Waals surface area (Å²) >= 11 is 0. The van der Waals surface area contributed by atoms with Gasteiger partial charge in [0.1, 0.15) is 5.75 Å². The van der Waals surface area contributed by atoms with Gasteiger partial charge in [-0.1, -0.05) is 0 Å². The Morgan fingerprint density at radius 1 is 1.31 bits per heavy atom. The van der Waals surface area contributed by atoms with E-state index in [1.54, 1.807) is 12.1 Å². The predicted octanol–water partition coefficient (Wildman–Crippen LogP) is 1.78. The van der Waals surface area contributed by atoms with Crippen molar-refractivity contribution in [2.75, 3.05) is 0 Å². The van der Waals surface area contributed by atoms with E-state index in [1.807, 2.05) is 13.8 Å². The van der Waals surface area contributed by atoms with Gasteiger partial charge in [0.15, 0.2) is 5.78 Å². The van der Waals surface area contributed by atoms with Crippen molar-refractivity contribution in [2.45, 2.75) is 26.9 Å². The third kappa shape index (κ3) is 2.82. The van der Waals surface area contributed by atoms with Gasteiger partial charge in [0.2, 0.25) is 5.91 Å². The lowest BCUT2D eigenvalue weighted by molar-refractivity contribution is 0.1000. The summed E-state index contributed by atoms with van der Waals surface area (Å²) < 4.78 is 5.47. The Balaban J connectivity index is 3.19. The number of benzene rings is 1. The molecule has 0 aliphatic heterocycles. The van der Waals surface area contributed by atoms with Crippen molar-refractivity contribution < 1.29 is 14.3 Å². The van der Waals surface area contributed by atoms with Crippen molar-refractivity contribution in [1.82, 2.24) is 0 Å². The van der Waals surface area contributed by atoms with E-state index in [1.165, 1.54) is 13.0 Å². The van der Waals surface area contributed by atoms with E-state index in [-0.39, 0.29) is 11.9 Å². The number of nitrogens with two attached hydrogens (primary N) is 1. The Morgan fingerprint density at radius 2 is 1.94 bits per heavy atom. The number of primary amides is 1. The number of amides is 1. The maximum atomic E-state index is 11.4. The highest BCUT2D eigenvalue weighted by Crippen LogP contribution is 2.21. The number of hydrogen-bond acceptors (Lipinski definition) is 3. The third-order valence-electron chi connectivity index (χ3n) is 2.01. The quantitative estimate of drug-likeness (QED) is 0.788. The van der Waals surface area contributed by atoms with Crippen LogP contribution in [-0.2, 0) is 0 Å². The van der Waals surface area contributed by atoms with Gasteiger partial charge in [-0.3, -0.25) is 9.59 Å². The van der Waals surface area contributed by atoms with E-state index in [9.17, 15) is 9.59 Å². The fourth-order valence-electron chi connectivity index (χ4n) is 1.32. The topological polar surface area (TPSA) is 69.4 Å². The molecule has 4 nitrogen and oxygen atoms in total. The molecule has 0 saturated heterocycles. The first-order valence-electron chi connectivity index (χ1n) is 5.03. The van der Waals surface area contributed by atoms with Gasteiger partial charge in [-0.15, -0.1) is 0 Å². The Kier molecular flexibility index (Phi) is 3.66. The van der Waals surface area contributed by atoms with Gasteiger partial charge in [-0.05, 0) is 39.0 Å². The summed E-state index contributed by atoms with van der Waals surface area (Å²) in [6.45, 7) is 5.16. The molecule has 4 heteroatoms. The maximum absolute atomic E-state index is 11.4. The minimum Gasteiger partial charge on any atom is -0.490 e. The van der Waals surface area contributed by atoms with E-state index in [2.05, 4.69) is 0 Å². The second-order valence-corrected chi connectivity index (χ2v) is 3.80. The fourth-order valence-corrected chi connectivity index (χ4v) is 1.32. The molecule has 0 heterocycles. The lowest BCUT2D eigenvalue weighted by Crippen LogP contribution is -2.14. The standard InChI is InChI=1S/C12H15NO3/c1-7(2)16-11-5-4-9(12(13)15)6-10(11)8(3)14/h4-7H,1-3H3,(H2,13,15). The molecule has 1 rings (SSSR count). The summed E-state index contributed by atoms with van der Waals surface area (Å²) in [5.74, 6) is -0.232. The zero-order chi connectivity index (χ0) is 12.3. The van der Waals surface area contributed by atoms with E-state index in [0.29, 0.717) is 16.9 Å².